The van der Waals surface area contributed by atoms with Crippen molar-refractivity contribution in [1.82, 2.24) is 10.2 Å². The maximum Gasteiger partial charge on any atom is 0.336 e. The minimum absolute atomic E-state index is 0.0116. The number of benzene rings is 1. The Balaban J connectivity index is 2.53. The van der Waals surface area contributed by atoms with Gasteiger partial charge in [-0.25, -0.2) is 13.2 Å². The predicted octanol–water partition coefficient (Wildman–Crippen LogP) is 1.94. The number of carboxylic acid groups (broad SMARTS) is 1. The van der Waals surface area contributed by atoms with Gasteiger partial charge in [-0.2, -0.15) is 5.10 Å². The van der Waals surface area contributed by atoms with Crippen LogP contribution in [0.4, 0.5) is 5.82 Å². The van der Waals surface area contributed by atoms with Crippen LogP contribution in [0.1, 0.15) is 15.9 Å². The molecule has 0 spiro atoms. The summed E-state index contributed by atoms with van der Waals surface area (Å²) in [6.07, 6.45) is 1.39. The van der Waals surface area contributed by atoms with Gasteiger partial charge in [-0.15, -0.1) is 5.10 Å². The monoisotopic (exact) mass is 327 g/mol. The largest absolute Gasteiger partial charge is 0.478 e. The van der Waals surface area contributed by atoms with Gasteiger partial charge in [0.05, 0.1) is 10.5 Å². The summed E-state index contributed by atoms with van der Waals surface area (Å²) < 4.78 is 26.9. The molecule has 2 aromatic rings. The fraction of sp³-hybridized carbons (Fsp3) is 0.0833. The van der Waals surface area contributed by atoms with E-state index in [1.807, 2.05) is 0 Å². The smallest absolute Gasteiger partial charge is 0.336 e. The molecule has 7 nitrogen and oxygen atoms in total. The predicted molar refractivity (Wildman–Crippen MR) is 76.0 cm³/mol. The van der Waals surface area contributed by atoms with Gasteiger partial charge >= 0.3 is 5.97 Å². The van der Waals surface area contributed by atoms with Crippen molar-refractivity contribution in [2.75, 3.05) is 4.72 Å². The van der Waals surface area contributed by atoms with Crippen LogP contribution in [0.5, 0.6) is 0 Å². The van der Waals surface area contributed by atoms with Crippen LogP contribution in [-0.4, -0.2) is 29.7 Å². The van der Waals surface area contributed by atoms with Crippen LogP contribution >= 0.6 is 11.6 Å². The number of rotatable bonds is 4. The standard InChI is InChI=1S/C12H10ClN3O4S/c1-7-9(12(17)18)5-8(13)6-10(7)21(19,20)16-11-3-2-4-14-15-11/h2-6H,1H3,(H,15,16)(H,17,18). The van der Waals surface area contributed by atoms with Crippen molar-refractivity contribution in [2.24, 2.45) is 0 Å². The summed E-state index contributed by atoms with van der Waals surface area (Å²) in [5.74, 6) is -1.24. The fourth-order valence-corrected chi connectivity index (χ4v) is 3.28. The molecule has 0 aliphatic rings. The number of hydrogen-bond donors (Lipinski definition) is 2. The molecule has 0 saturated carbocycles. The molecule has 0 fully saturated rings. The van der Waals surface area contributed by atoms with E-state index in [2.05, 4.69) is 14.9 Å². The molecule has 0 aliphatic carbocycles. The Morgan fingerprint density at radius 1 is 1.38 bits per heavy atom. The first-order valence-corrected chi connectivity index (χ1v) is 7.51. The number of hydrogen-bond acceptors (Lipinski definition) is 5. The van der Waals surface area contributed by atoms with E-state index in [9.17, 15) is 13.2 Å². The van der Waals surface area contributed by atoms with Crippen molar-refractivity contribution >= 4 is 33.4 Å². The van der Waals surface area contributed by atoms with Crippen LogP contribution < -0.4 is 4.72 Å². The second-order valence-corrected chi connectivity index (χ2v) is 6.18. The number of carbonyl (C=O) groups is 1. The molecule has 110 valence electrons. The topological polar surface area (TPSA) is 109 Å². The molecule has 2 rings (SSSR count). The van der Waals surface area contributed by atoms with E-state index in [0.29, 0.717) is 0 Å². The van der Waals surface area contributed by atoms with Crippen LogP contribution in [0.2, 0.25) is 5.02 Å². The molecule has 2 N–H and O–H groups in total. The number of nitrogens with one attached hydrogen (secondary N) is 1. The van der Waals surface area contributed by atoms with Crippen molar-refractivity contribution in [1.29, 1.82) is 0 Å². The van der Waals surface area contributed by atoms with Gasteiger partial charge in [0.2, 0.25) is 0 Å². The molecule has 0 atom stereocenters. The summed E-state index contributed by atoms with van der Waals surface area (Å²) in [4.78, 5) is 10.9. The highest BCUT2D eigenvalue weighted by molar-refractivity contribution is 7.92. The minimum Gasteiger partial charge on any atom is -0.478 e. The first kappa shape index (κ1) is 15.2. The van der Waals surface area contributed by atoms with E-state index < -0.39 is 16.0 Å². The maximum atomic E-state index is 12.3. The normalized spacial score (nSPS) is 11.1. The minimum atomic E-state index is -4.02. The number of aromatic nitrogens is 2. The summed E-state index contributed by atoms with van der Waals surface area (Å²) in [7, 11) is -4.02. The lowest BCUT2D eigenvalue weighted by Gasteiger charge is -2.11. The molecule has 21 heavy (non-hydrogen) atoms. The Labute approximate surface area is 125 Å². The quantitative estimate of drug-likeness (QED) is 0.888. The second-order valence-electron chi connectivity index (χ2n) is 4.10. The van der Waals surface area contributed by atoms with E-state index in [1.165, 1.54) is 37.4 Å². The third-order valence-corrected chi connectivity index (χ3v) is 4.36. The van der Waals surface area contributed by atoms with Gasteiger partial charge in [-0.05, 0) is 36.8 Å². The van der Waals surface area contributed by atoms with Gasteiger partial charge in [0.25, 0.3) is 10.0 Å². The first-order chi connectivity index (χ1) is 9.81. The maximum absolute atomic E-state index is 12.3. The van der Waals surface area contributed by atoms with E-state index in [0.717, 1.165) is 0 Å². The van der Waals surface area contributed by atoms with Gasteiger partial charge in [-0.3, -0.25) is 4.72 Å². The highest BCUT2D eigenvalue weighted by Gasteiger charge is 2.22. The molecule has 9 heteroatoms. The highest BCUT2D eigenvalue weighted by Crippen LogP contribution is 2.25. The Bertz CT molecular complexity index is 794. The molecule has 0 radical (unpaired) electrons. The van der Waals surface area contributed by atoms with Gasteiger partial charge < -0.3 is 5.11 Å². The Kier molecular flexibility index (Phi) is 4.10. The zero-order valence-corrected chi connectivity index (χ0v) is 12.3. The van der Waals surface area contributed by atoms with E-state index in [-0.39, 0.29) is 26.9 Å². The SMILES string of the molecule is Cc1c(C(=O)O)cc(Cl)cc1S(=O)(=O)Nc1cccnn1. The van der Waals surface area contributed by atoms with Gasteiger partial charge in [0.15, 0.2) is 5.82 Å². The van der Waals surface area contributed by atoms with Crippen molar-refractivity contribution in [2.45, 2.75) is 11.8 Å². The number of halogens is 1. The van der Waals surface area contributed by atoms with Crippen molar-refractivity contribution in [3.8, 4) is 0 Å². The van der Waals surface area contributed by atoms with E-state index in [4.69, 9.17) is 16.7 Å². The third-order valence-electron chi connectivity index (χ3n) is 2.66. The zero-order chi connectivity index (χ0) is 15.6. The summed E-state index contributed by atoms with van der Waals surface area (Å²) in [5, 5.41) is 16.2. The molecule has 1 aromatic carbocycles. The van der Waals surface area contributed by atoms with Crippen LogP contribution in [0.3, 0.4) is 0 Å². The summed E-state index contributed by atoms with van der Waals surface area (Å²) in [6, 6.07) is 5.31. The third kappa shape index (κ3) is 3.29. The molecule has 0 aliphatic heterocycles. The summed E-state index contributed by atoms with van der Waals surface area (Å²) in [6.45, 7) is 1.39. The van der Waals surface area contributed by atoms with Crippen LogP contribution in [-0.2, 0) is 10.0 Å². The van der Waals surface area contributed by atoms with Gasteiger partial charge in [0, 0.05) is 11.2 Å². The molecular formula is C12H10ClN3O4S. The van der Waals surface area contributed by atoms with Crippen molar-refractivity contribution in [3.05, 3.63) is 46.6 Å². The lowest BCUT2D eigenvalue weighted by Crippen LogP contribution is -2.17. The number of nitrogens with zero attached hydrogens (tertiary/aromatic N) is 2. The number of sulfonamides is 1. The molecule has 0 unspecified atom stereocenters. The number of carboxylic acids is 1. The number of anilines is 1. The molecule has 1 aromatic heterocycles. The fourth-order valence-electron chi connectivity index (χ4n) is 1.70. The lowest BCUT2D eigenvalue weighted by atomic mass is 10.1. The Morgan fingerprint density at radius 2 is 2.10 bits per heavy atom. The lowest BCUT2D eigenvalue weighted by molar-refractivity contribution is 0.0696. The zero-order valence-electron chi connectivity index (χ0n) is 10.7. The molecule has 0 bridgehead atoms. The van der Waals surface area contributed by atoms with Crippen molar-refractivity contribution < 1.29 is 18.3 Å². The summed E-state index contributed by atoms with van der Waals surface area (Å²) >= 11 is 5.79. The first-order valence-electron chi connectivity index (χ1n) is 5.65. The van der Waals surface area contributed by atoms with Gasteiger partial charge in [0.1, 0.15) is 0 Å². The van der Waals surface area contributed by atoms with E-state index >= 15 is 0 Å². The number of aromatic carboxylic acids is 1. The summed E-state index contributed by atoms with van der Waals surface area (Å²) in [5.41, 5.74) is -0.0923. The molecule has 1 heterocycles. The molecule has 0 saturated heterocycles. The highest BCUT2D eigenvalue weighted by atomic mass is 35.5. The average molecular weight is 328 g/mol. The second kappa shape index (κ2) is 5.66. The Morgan fingerprint density at radius 3 is 2.67 bits per heavy atom. The Hall–Kier alpha value is -2.19. The average Bonchev–Trinajstić information content (AvgIpc) is 2.41. The van der Waals surface area contributed by atoms with Crippen molar-refractivity contribution in [3.63, 3.8) is 0 Å². The molecular weight excluding hydrogens is 318 g/mol. The molecule has 0 amide bonds. The van der Waals surface area contributed by atoms with Crippen LogP contribution in [0, 0.1) is 6.92 Å². The van der Waals surface area contributed by atoms with Crippen LogP contribution in [0.15, 0.2) is 35.4 Å². The van der Waals surface area contributed by atoms with Crippen LogP contribution in [0.25, 0.3) is 0 Å². The van der Waals surface area contributed by atoms with E-state index in [1.54, 1.807) is 0 Å². The van der Waals surface area contributed by atoms with Gasteiger partial charge in [-0.1, -0.05) is 11.6 Å².